The predicted molar refractivity (Wildman–Crippen MR) is 126 cm³/mol. The number of thioether (sulfide) groups is 1. The van der Waals surface area contributed by atoms with Crippen LogP contribution in [0.15, 0.2) is 45.8 Å². The Hall–Kier alpha value is -2.49. The first kappa shape index (κ1) is 24.2. The number of hydrogen-bond donors (Lipinski definition) is 0. The third kappa shape index (κ3) is 5.85. The number of halogens is 2. The van der Waals surface area contributed by atoms with E-state index in [1.54, 1.807) is 42.5 Å². The van der Waals surface area contributed by atoms with Gasteiger partial charge < -0.3 is 14.2 Å². The van der Waals surface area contributed by atoms with Crippen LogP contribution in [-0.2, 0) is 20.9 Å². The van der Waals surface area contributed by atoms with Crippen molar-refractivity contribution in [2.75, 3.05) is 20.3 Å². The number of hydrogen-bond acceptors (Lipinski definition) is 7. The van der Waals surface area contributed by atoms with Gasteiger partial charge in [-0.25, -0.2) is 4.79 Å². The second-order valence-corrected chi connectivity index (χ2v) is 8.81. The molecule has 2 aromatic rings. The summed E-state index contributed by atoms with van der Waals surface area (Å²) in [5.74, 6) is -0.199. The van der Waals surface area contributed by atoms with Crippen molar-refractivity contribution in [2.24, 2.45) is 0 Å². The lowest BCUT2D eigenvalue weighted by molar-refractivity contribution is -0.143. The summed E-state index contributed by atoms with van der Waals surface area (Å²) in [7, 11) is 1.27. The Bertz CT molecular complexity index is 1090. The van der Waals surface area contributed by atoms with Gasteiger partial charge in [0.05, 0.1) is 29.6 Å². The fourth-order valence-corrected chi connectivity index (χ4v) is 4.50. The van der Waals surface area contributed by atoms with Crippen molar-refractivity contribution in [1.29, 1.82) is 0 Å². The van der Waals surface area contributed by atoms with Crippen molar-refractivity contribution in [1.82, 2.24) is 4.90 Å². The summed E-state index contributed by atoms with van der Waals surface area (Å²) in [6.07, 6.45) is 1.61. The Balaban J connectivity index is 1.84. The number of benzene rings is 2. The molecule has 2 aromatic carbocycles. The van der Waals surface area contributed by atoms with Crippen molar-refractivity contribution >= 4 is 62.5 Å². The van der Waals surface area contributed by atoms with E-state index >= 15 is 0 Å². The van der Waals surface area contributed by atoms with Crippen LogP contribution in [0.1, 0.15) is 18.1 Å². The lowest BCUT2D eigenvalue weighted by Gasteiger charge is -2.14. The first-order chi connectivity index (χ1) is 15.3. The third-order valence-corrected chi connectivity index (χ3v) is 6.03. The van der Waals surface area contributed by atoms with Crippen LogP contribution in [0.4, 0.5) is 4.79 Å². The minimum absolute atomic E-state index is 0.136. The highest BCUT2D eigenvalue weighted by Crippen LogP contribution is 2.39. The van der Waals surface area contributed by atoms with Crippen molar-refractivity contribution in [3.8, 4) is 11.5 Å². The predicted octanol–water partition coefficient (Wildman–Crippen LogP) is 5.29. The molecule has 1 heterocycles. The molecule has 0 radical (unpaired) electrons. The van der Waals surface area contributed by atoms with Crippen LogP contribution in [0, 0.1) is 0 Å². The highest BCUT2D eigenvalue weighted by molar-refractivity contribution is 9.10. The van der Waals surface area contributed by atoms with Gasteiger partial charge in [0.25, 0.3) is 11.1 Å². The number of carbonyl (C=O) groups excluding carboxylic acids is 3. The van der Waals surface area contributed by atoms with Crippen LogP contribution in [0.2, 0.25) is 5.02 Å². The molecule has 0 aliphatic carbocycles. The van der Waals surface area contributed by atoms with Gasteiger partial charge in [-0.3, -0.25) is 14.5 Å². The van der Waals surface area contributed by atoms with Crippen molar-refractivity contribution in [3.05, 3.63) is 61.9 Å². The smallest absolute Gasteiger partial charge is 0.343 e. The number of amides is 2. The van der Waals surface area contributed by atoms with Gasteiger partial charge in [0.15, 0.2) is 18.1 Å². The number of imide groups is 1. The van der Waals surface area contributed by atoms with E-state index in [1.807, 2.05) is 6.92 Å². The number of esters is 1. The molecular weight excluding hydrogens is 522 g/mol. The van der Waals surface area contributed by atoms with Crippen molar-refractivity contribution < 1.29 is 28.6 Å². The number of ether oxygens (including phenoxy) is 3. The zero-order valence-corrected chi connectivity index (χ0v) is 20.4. The van der Waals surface area contributed by atoms with Gasteiger partial charge in [-0.1, -0.05) is 23.7 Å². The molecule has 168 valence electrons. The fraction of sp³-hybridized carbons (Fsp3) is 0.227. The van der Waals surface area contributed by atoms with Gasteiger partial charge in [0.1, 0.15) is 0 Å². The minimum atomic E-state index is -0.531. The molecule has 1 aliphatic heterocycles. The van der Waals surface area contributed by atoms with E-state index in [0.29, 0.717) is 33.2 Å². The molecule has 10 heteroatoms. The summed E-state index contributed by atoms with van der Waals surface area (Å²) in [6.45, 7) is 2.03. The largest absolute Gasteiger partial charge is 0.490 e. The molecule has 0 atom stereocenters. The summed E-state index contributed by atoms with van der Waals surface area (Å²) >= 11 is 10.3. The molecule has 1 fully saturated rings. The molecule has 0 bridgehead atoms. The lowest BCUT2D eigenvalue weighted by atomic mass is 10.1. The second kappa shape index (κ2) is 10.9. The van der Waals surface area contributed by atoms with Gasteiger partial charge in [0.2, 0.25) is 0 Å². The minimum Gasteiger partial charge on any atom is -0.490 e. The Morgan fingerprint density at radius 3 is 2.69 bits per heavy atom. The van der Waals surface area contributed by atoms with E-state index in [4.69, 9.17) is 21.1 Å². The van der Waals surface area contributed by atoms with Gasteiger partial charge in [-0.2, -0.15) is 0 Å². The van der Waals surface area contributed by atoms with Crippen LogP contribution in [0.3, 0.4) is 0 Å². The van der Waals surface area contributed by atoms with Crippen LogP contribution in [-0.4, -0.2) is 42.3 Å². The van der Waals surface area contributed by atoms with Gasteiger partial charge in [-0.05, 0) is 76.1 Å². The molecule has 7 nitrogen and oxygen atoms in total. The Morgan fingerprint density at radius 2 is 2.00 bits per heavy atom. The highest BCUT2D eigenvalue weighted by Gasteiger charge is 2.35. The van der Waals surface area contributed by atoms with Gasteiger partial charge in [-0.15, -0.1) is 0 Å². The molecule has 0 unspecified atom stereocenters. The van der Waals surface area contributed by atoms with Gasteiger partial charge in [0, 0.05) is 5.02 Å². The summed E-state index contributed by atoms with van der Waals surface area (Å²) in [5, 5.41) is 0.177. The van der Waals surface area contributed by atoms with E-state index < -0.39 is 5.97 Å². The molecule has 32 heavy (non-hydrogen) atoms. The third-order valence-electron chi connectivity index (χ3n) is 4.29. The number of carbonyl (C=O) groups is 3. The van der Waals surface area contributed by atoms with E-state index in [1.165, 1.54) is 12.0 Å². The van der Waals surface area contributed by atoms with E-state index in [0.717, 1.165) is 17.3 Å². The number of nitrogens with zero attached hydrogens (tertiary/aromatic N) is 1. The van der Waals surface area contributed by atoms with Crippen molar-refractivity contribution in [3.63, 3.8) is 0 Å². The lowest BCUT2D eigenvalue weighted by Crippen LogP contribution is -2.27. The standard InChI is InChI=1S/C22H19BrClNO6S/c1-3-30-17-9-14(8-16(23)20(17)31-12-19(26)29-2)10-18-21(27)25(22(28)32-18)11-13-5-4-6-15(24)7-13/h4-10H,3,11-12H2,1-2H3/b18-10-. The number of methoxy groups -OCH3 is 1. The molecule has 3 rings (SSSR count). The average Bonchev–Trinajstić information content (AvgIpc) is 3.00. The first-order valence-corrected chi connectivity index (χ1v) is 11.5. The molecule has 0 saturated carbocycles. The molecule has 1 aliphatic rings. The van der Waals surface area contributed by atoms with Gasteiger partial charge >= 0.3 is 5.97 Å². The first-order valence-electron chi connectivity index (χ1n) is 9.48. The molecule has 0 aromatic heterocycles. The molecule has 2 amide bonds. The van der Waals surface area contributed by atoms with Crippen LogP contribution >= 0.6 is 39.3 Å². The van der Waals surface area contributed by atoms with Crippen LogP contribution < -0.4 is 9.47 Å². The summed E-state index contributed by atoms with van der Waals surface area (Å²) in [4.78, 5) is 38.2. The van der Waals surface area contributed by atoms with E-state index in [2.05, 4.69) is 20.7 Å². The summed E-state index contributed by atoms with van der Waals surface area (Å²) in [5.41, 5.74) is 1.38. The monoisotopic (exact) mass is 539 g/mol. The van der Waals surface area contributed by atoms with Crippen LogP contribution in [0.5, 0.6) is 11.5 Å². The summed E-state index contributed by atoms with van der Waals surface area (Å²) < 4.78 is 16.3. The maximum absolute atomic E-state index is 12.8. The zero-order chi connectivity index (χ0) is 23.3. The molecule has 0 N–H and O–H groups in total. The normalized spacial score (nSPS) is 14.8. The SMILES string of the molecule is CCOc1cc(/C=C2\SC(=O)N(Cc3cccc(Cl)c3)C2=O)cc(Br)c1OCC(=O)OC. The molecular formula is C22H19BrClNO6S. The Labute approximate surface area is 202 Å². The highest BCUT2D eigenvalue weighted by atomic mass is 79.9. The molecule has 0 spiro atoms. The van der Waals surface area contributed by atoms with E-state index in [-0.39, 0.29) is 29.2 Å². The van der Waals surface area contributed by atoms with Crippen molar-refractivity contribution in [2.45, 2.75) is 13.5 Å². The molecule has 1 saturated heterocycles. The average molecular weight is 541 g/mol. The maximum Gasteiger partial charge on any atom is 0.343 e. The fourth-order valence-electron chi connectivity index (χ4n) is 2.87. The van der Waals surface area contributed by atoms with E-state index in [9.17, 15) is 14.4 Å². The Morgan fingerprint density at radius 1 is 1.22 bits per heavy atom. The second-order valence-electron chi connectivity index (χ2n) is 6.53. The maximum atomic E-state index is 12.8. The van der Waals surface area contributed by atoms with Crippen LogP contribution in [0.25, 0.3) is 6.08 Å². The Kier molecular flexibility index (Phi) is 8.22. The summed E-state index contributed by atoms with van der Waals surface area (Å²) in [6, 6.07) is 10.4. The number of rotatable bonds is 8. The zero-order valence-electron chi connectivity index (χ0n) is 17.2. The quantitative estimate of drug-likeness (QED) is 0.332. The topological polar surface area (TPSA) is 82.1 Å².